The maximum Gasteiger partial charge on any atom is 0.146 e. The zero-order valence-electron chi connectivity index (χ0n) is 39.4. The van der Waals surface area contributed by atoms with Gasteiger partial charge in [0.15, 0.2) is 0 Å². The molecule has 3 aliphatic carbocycles. The number of nitriles is 4. The minimum atomic E-state index is -0.343. The van der Waals surface area contributed by atoms with Gasteiger partial charge in [-0.3, -0.25) is 10.8 Å². The van der Waals surface area contributed by atoms with Gasteiger partial charge in [-0.25, -0.2) is 8.80 Å². The third kappa shape index (κ3) is 10.3. The Morgan fingerprint density at radius 2 is 1.01 bits per heavy atom. The van der Waals surface area contributed by atoms with Crippen molar-refractivity contribution < 1.29 is 0 Å². The van der Waals surface area contributed by atoms with Gasteiger partial charge >= 0.3 is 0 Å². The van der Waals surface area contributed by atoms with E-state index in [1.165, 1.54) is 44.9 Å². The Labute approximate surface area is 424 Å². The van der Waals surface area contributed by atoms with Gasteiger partial charge in [-0.2, -0.15) is 21.0 Å². The third-order valence-electron chi connectivity index (χ3n) is 13.8. The molecule has 0 spiro atoms. The van der Waals surface area contributed by atoms with Crippen molar-refractivity contribution in [3.05, 3.63) is 136 Å². The predicted octanol–water partition coefficient (Wildman–Crippen LogP) is 11.9. The molecule has 3 aliphatic rings. The maximum atomic E-state index is 9.42. The summed E-state index contributed by atoms with van der Waals surface area (Å²) in [6, 6.07) is 28.7. The first-order chi connectivity index (χ1) is 33.5. The molecule has 0 saturated heterocycles. The van der Waals surface area contributed by atoms with Crippen molar-refractivity contribution in [2.45, 2.75) is 97.3 Å². The van der Waals surface area contributed by atoms with Crippen LogP contribution >= 0.6 is 48.3 Å². The van der Waals surface area contributed by atoms with Crippen molar-refractivity contribution in [3.63, 3.8) is 0 Å². The largest absolute Gasteiger partial charge is 0.298 e. The highest BCUT2D eigenvalue weighted by Gasteiger charge is 2.46. The van der Waals surface area contributed by atoms with Crippen LogP contribution < -0.4 is 18.1 Å². The second kappa shape index (κ2) is 22.8. The molecule has 7 rings (SSSR count). The molecule has 2 aromatic heterocycles. The van der Waals surface area contributed by atoms with E-state index >= 15 is 0 Å². The van der Waals surface area contributed by atoms with E-state index in [-0.39, 0.29) is 28.0 Å². The fourth-order valence-corrected chi connectivity index (χ4v) is 12.3. The van der Waals surface area contributed by atoms with E-state index in [0.29, 0.717) is 43.5 Å². The summed E-state index contributed by atoms with van der Waals surface area (Å²) < 4.78 is 11.7. The summed E-state index contributed by atoms with van der Waals surface area (Å²) in [7, 11) is 0. The van der Waals surface area contributed by atoms with E-state index in [9.17, 15) is 31.9 Å². The minimum absolute atomic E-state index is 0.0624. The quantitative estimate of drug-likeness (QED) is 0.0648. The molecule has 0 aliphatic heterocycles. The van der Waals surface area contributed by atoms with Crippen LogP contribution in [0.3, 0.4) is 0 Å². The Morgan fingerprint density at radius 3 is 1.36 bits per heavy atom. The first kappa shape index (κ1) is 50.5. The first-order valence-electron chi connectivity index (χ1n) is 23.6. The van der Waals surface area contributed by atoms with Crippen LogP contribution in [0, 0.1) is 68.0 Å². The molecule has 2 heterocycles. The Hall–Kier alpha value is -6.38. The lowest BCUT2D eigenvalue weighted by Gasteiger charge is -2.39. The minimum Gasteiger partial charge on any atom is -0.298 e. The number of unbranched alkanes of at least 4 members (excludes halogenated alkanes) is 2. The van der Waals surface area contributed by atoms with Crippen LogP contribution in [0.15, 0.2) is 105 Å². The number of allylic oxidation sites excluding steroid dienone is 8. The van der Waals surface area contributed by atoms with Gasteiger partial charge in [0.25, 0.3) is 0 Å². The Balaban J connectivity index is 1.41. The Bertz CT molecular complexity index is 3100. The molecule has 2 aromatic carbocycles. The maximum absolute atomic E-state index is 9.42. The van der Waals surface area contributed by atoms with Crippen LogP contribution in [0.2, 0.25) is 0 Å². The smallest absolute Gasteiger partial charge is 0.146 e. The van der Waals surface area contributed by atoms with Gasteiger partial charge in [0.05, 0.1) is 20.5 Å². The lowest BCUT2D eigenvalue weighted by molar-refractivity contribution is 0.266. The highest BCUT2D eigenvalue weighted by atomic mass is 32.1. The molecule has 0 saturated carbocycles. The van der Waals surface area contributed by atoms with Gasteiger partial charge in [0.1, 0.15) is 46.8 Å². The van der Waals surface area contributed by atoms with E-state index in [2.05, 4.69) is 98.5 Å². The van der Waals surface area contributed by atoms with Crippen molar-refractivity contribution in [3.8, 4) is 35.4 Å². The van der Waals surface area contributed by atoms with E-state index < -0.39 is 0 Å². The predicted molar refractivity (Wildman–Crippen MR) is 294 cm³/mol. The van der Waals surface area contributed by atoms with E-state index in [1.807, 2.05) is 72.9 Å². The summed E-state index contributed by atoms with van der Waals surface area (Å²) in [5.41, 5.74) is 11.1. The molecule has 4 aromatic rings. The zero-order chi connectivity index (χ0) is 49.2. The molecule has 2 N–H and O–H groups in total. The SMILES string of the molecule is CCCCC(CC)CC1(CC(CC)CCCC)c2cc(C3=CC=C(/C=c4\ccc(=C(C#N)C#N)s4)C(=N)C3=NS)ccc2-c2ccc(C3=CC=C(/C=c4\ccc(=C(C#N)C#N)s4)C(=N)C3=NS)cc21. The van der Waals surface area contributed by atoms with Crippen molar-refractivity contribution in [2.75, 3.05) is 0 Å². The molecule has 0 fully saturated rings. The van der Waals surface area contributed by atoms with Gasteiger partial charge in [-0.15, -0.1) is 22.7 Å². The number of nitrogens with zero attached hydrogens (tertiary/aromatic N) is 6. The molecule has 346 valence electrons. The molecule has 2 atom stereocenters. The average Bonchev–Trinajstić information content (AvgIpc) is 4.10. The number of fused-ring (bicyclic) bond motifs is 3. The van der Waals surface area contributed by atoms with Crippen LogP contribution in [-0.4, -0.2) is 22.8 Å². The van der Waals surface area contributed by atoms with Crippen LogP contribution in [-0.2, 0) is 5.41 Å². The van der Waals surface area contributed by atoms with Crippen molar-refractivity contribution in [2.24, 2.45) is 20.6 Å². The van der Waals surface area contributed by atoms with Crippen LogP contribution in [0.5, 0.6) is 0 Å². The number of thiophene rings is 2. The molecule has 12 heteroatoms. The number of thiol groups is 2. The standard InChI is InChI=1S/C57H54N8S4/c1-5-9-11-35(7-3)29-57(30-36(8-4)12-10-6-2)49-27-37(45-19-15-39(53(62)55(45)64-66)25-43-17-23-51(68-43)41(31-58)32-59)13-21-47(49)48-22-14-38(28-50(48)57)46-20-16-40(54(63)56(46)65-67)26-44-18-24-52(69-44)42(33-60)34-61/h13-28,35-36,62-63,66-67H,5-12,29-30H2,1-4H3/b43-25+,44-26+,62-53?,63-54?,64-55?,65-56?. The molecular formula is C57H54N8S4. The number of hydrogen-bond acceptors (Lipinski definition) is 12. The van der Waals surface area contributed by atoms with Gasteiger partial charge in [0.2, 0.25) is 0 Å². The van der Waals surface area contributed by atoms with E-state index in [0.717, 1.165) is 95.5 Å². The first-order valence-corrected chi connectivity index (χ1v) is 26.0. The fraction of sp³-hybridized carbons (Fsp3) is 0.298. The summed E-state index contributed by atoms with van der Waals surface area (Å²) in [4.78, 5) is 0. The molecule has 69 heavy (non-hydrogen) atoms. The fourth-order valence-electron chi connectivity index (χ4n) is 10.1. The lowest BCUT2D eigenvalue weighted by Crippen LogP contribution is -2.32. The summed E-state index contributed by atoms with van der Waals surface area (Å²) in [5, 5.41) is 56.4. The second-order valence-electron chi connectivity index (χ2n) is 17.8. The number of hydrogen-bond donors (Lipinski definition) is 4. The molecule has 8 nitrogen and oxygen atoms in total. The van der Waals surface area contributed by atoms with E-state index in [4.69, 9.17) is 0 Å². The zero-order valence-corrected chi connectivity index (χ0v) is 42.8. The molecule has 0 amide bonds. The van der Waals surface area contributed by atoms with Crippen LogP contribution in [0.1, 0.15) is 114 Å². The summed E-state index contributed by atoms with van der Waals surface area (Å²) in [5.74, 6) is 0.964. The Kier molecular flexibility index (Phi) is 16.7. The number of benzene rings is 2. The molecular weight excluding hydrogens is 925 g/mol. The summed E-state index contributed by atoms with van der Waals surface area (Å²) >= 11 is 11.6. The molecule has 0 radical (unpaired) electrons. The topological polar surface area (TPSA) is 168 Å². The van der Waals surface area contributed by atoms with Gasteiger partial charge < -0.3 is 0 Å². The number of nitrogens with one attached hydrogen (secondary N) is 2. The summed E-state index contributed by atoms with van der Waals surface area (Å²) in [6.45, 7) is 9.20. The van der Waals surface area contributed by atoms with Crippen LogP contribution in [0.25, 0.3) is 45.6 Å². The van der Waals surface area contributed by atoms with Gasteiger partial charge in [0, 0.05) is 36.8 Å². The normalized spacial score (nSPS) is 18.8. The van der Waals surface area contributed by atoms with E-state index in [1.54, 1.807) is 12.1 Å². The van der Waals surface area contributed by atoms with Crippen molar-refractivity contribution >= 4 is 106 Å². The van der Waals surface area contributed by atoms with Gasteiger partial charge in [-0.05, 0) is 132 Å². The third-order valence-corrected chi connectivity index (χ3v) is 16.3. The summed E-state index contributed by atoms with van der Waals surface area (Å²) in [6.07, 6.45) is 22.7. The van der Waals surface area contributed by atoms with Crippen molar-refractivity contribution in [1.82, 2.24) is 0 Å². The van der Waals surface area contributed by atoms with Crippen molar-refractivity contribution in [1.29, 1.82) is 31.9 Å². The average molecular weight is 979 g/mol. The van der Waals surface area contributed by atoms with Crippen LogP contribution in [0.4, 0.5) is 0 Å². The number of rotatable bonds is 16. The molecule has 0 bridgehead atoms. The second-order valence-corrected chi connectivity index (χ2v) is 20.4. The highest BCUT2D eigenvalue weighted by molar-refractivity contribution is 7.79. The highest BCUT2D eigenvalue weighted by Crippen LogP contribution is 2.57. The lowest BCUT2D eigenvalue weighted by atomic mass is 9.64. The Morgan fingerprint density at radius 1 is 0.609 bits per heavy atom. The monoisotopic (exact) mass is 978 g/mol. The van der Waals surface area contributed by atoms with Gasteiger partial charge in [-0.1, -0.05) is 128 Å². The molecule has 2 unspecified atom stereocenters.